The molecule has 2 fully saturated rings. The third-order valence-corrected chi connectivity index (χ3v) is 5.04. The summed E-state index contributed by atoms with van der Waals surface area (Å²) in [7, 11) is -3.19. The number of guanidine groups is 1. The van der Waals surface area contributed by atoms with Gasteiger partial charge in [0.25, 0.3) is 0 Å². The molecule has 2 aliphatic rings. The van der Waals surface area contributed by atoms with Crippen LogP contribution in [0, 0.1) is 5.92 Å². The monoisotopic (exact) mass is 430 g/mol. The van der Waals surface area contributed by atoms with Crippen LogP contribution in [0.4, 0.5) is 0 Å². The van der Waals surface area contributed by atoms with E-state index in [1.54, 1.807) is 0 Å². The van der Waals surface area contributed by atoms with Crippen LogP contribution in [0.2, 0.25) is 0 Å². The lowest BCUT2D eigenvalue weighted by Gasteiger charge is -2.25. The van der Waals surface area contributed by atoms with E-state index < -0.39 is 10.0 Å². The van der Waals surface area contributed by atoms with E-state index >= 15 is 0 Å². The van der Waals surface area contributed by atoms with Crippen LogP contribution in [0.1, 0.15) is 39.0 Å². The Hall–Kier alpha value is -0.0900. The quantitative estimate of drug-likeness (QED) is 0.305. The molecular weight excluding hydrogens is 403 g/mol. The molecule has 0 spiro atoms. The smallest absolute Gasteiger partial charge is 0.213 e. The van der Waals surface area contributed by atoms with Gasteiger partial charge in [0.05, 0.1) is 12.3 Å². The van der Waals surface area contributed by atoms with E-state index in [0.29, 0.717) is 25.0 Å². The molecule has 8 heteroatoms. The third-order valence-electron chi connectivity index (χ3n) is 3.71. The van der Waals surface area contributed by atoms with Crippen LogP contribution in [-0.2, 0) is 10.0 Å². The number of hydrogen-bond donors (Lipinski definition) is 3. The molecule has 2 rings (SSSR count). The Kier molecular flexibility index (Phi) is 8.25. The fourth-order valence-corrected chi connectivity index (χ4v) is 3.00. The van der Waals surface area contributed by atoms with Crippen molar-refractivity contribution in [2.45, 2.75) is 45.1 Å². The van der Waals surface area contributed by atoms with Crippen molar-refractivity contribution in [3.05, 3.63) is 0 Å². The second kappa shape index (κ2) is 9.14. The first-order chi connectivity index (χ1) is 9.59. The van der Waals surface area contributed by atoms with E-state index in [-0.39, 0.29) is 29.7 Å². The molecule has 0 aromatic heterocycles. The summed E-state index contributed by atoms with van der Waals surface area (Å²) in [6.07, 6.45) is 5.87. The Labute approximate surface area is 145 Å². The summed E-state index contributed by atoms with van der Waals surface area (Å²) in [6.45, 7) is 3.67. The second-order valence-corrected chi connectivity index (χ2v) is 7.57. The molecule has 2 saturated carbocycles. The first-order valence-corrected chi connectivity index (χ1v) is 9.26. The van der Waals surface area contributed by atoms with Gasteiger partial charge < -0.3 is 10.6 Å². The number of rotatable bonds is 8. The lowest BCUT2D eigenvalue weighted by molar-refractivity contribution is 0.316. The Morgan fingerprint density at radius 2 is 1.95 bits per heavy atom. The van der Waals surface area contributed by atoms with Gasteiger partial charge in [-0.15, -0.1) is 24.0 Å². The van der Waals surface area contributed by atoms with Gasteiger partial charge in [0.1, 0.15) is 0 Å². The molecule has 0 atom stereocenters. The molecule has 0 heterocycles. The van der Waals surface area contributed by atoms with Crippen LogP contribution < -0.4 is 15.4 Å². The first-order valence-electron chi connectivity index (χ1n) is 7.61. The highest BCUT2D eigenvalue weighted by Crippen LogP contribution is 2.25. The van der Waals surface area contributed by atoms with Crippen LogP contribution in [0.3, 0.4) is 0 Å². The zero-order chi connectivity index (χ0) is 14.4. The van der Waals surface area contributed by atoms with E-state index in [4.69, 9.17) is 0 Å². The minimum Gasteiger partial charge on any atom is -0.357 e. The fourth-order valence-electron chi connectivity index (χ4n) is 2.03. The van der Waals surface area contributed by atoms with Gasteiger partial charge in [0.2, 0.25) is 10.0 Å². The minimum atomic E-state index is -3.19. The molecule has 21 heavy (non-hydrogen) atoms. The average molecular weight is 430 g/mol. The molecule has 0 aliphatic heterocycles. The molecule has 0 unspecified atom stereocenters. The number of aliphatic imine (C=N–C) groups is 1. The van der Waals surface area contributed by atoms with Crippen molar-refractivity contribution < 1.29 is 8.42 Å². The predicted molar refractivity (Wildman–Crippen MR) is 96.7 cm³/mol. The lowest BCUT2D eigenvalue weighted by atomic mass is 9.86. The molecule has 2 aliphatic carbocycles. The van der Waals surface area contributed by atoms with Gasteiger partial charge in [-0.2, -0.15) is 0 Å². The van der Waals surface area contributed by atoms with Crippen LogP contribution in [0.15, 0.2) is 4.99 Å². The van der Waals surface area contributed by atoms with Gasteiger partial charge in [0, 0.05) is 19.1 Å². The summed E-state index contributed by atoms with van der Waals surface area (Å²) in [6, 6.07) is 0.515. The SMILES string of the molecule is CCNC(=NCCS(=O)(=O)NCC1CCC1)NC1CC1.I. The summed E-state index contributed by atoms with van der Waals surface area (Å²) in [5.74, 6) is 1.33. The highest BCUT2D eigenvalue weighted by Gasteiger charge is 2.22. The molecule has 0 bridgehead atoms. The molecule has 0 saturated heterocycles. The topological polar surface area (TPSA) is 82.6 Å². The second-order valence-electron chi connectivity index (χ2n) is 5.64. The van der Waals surface area contributed by atoms with Crippen molar-refractivity contribution in [2.75, 3.05) is 25.4 Å². The maximum absolute atomic E-state index is 11.8. The van der Waals surface area contributed by atoms with Gasteiger partial charge in [0.15, 0.2) is 5.96 Å². The maximum atomic E-state index is 11.8. The molecule has 3 N–H and O–H groups in total. The van der Waals surface area contributed by atoms with Gasteiger partial charge in [-0.25, -0.2) is 13.1 Å². The van der Waals surface area contributed by atoms with E-state index in [0.717, 1.165) is 25.3 Å². The van der Waals surface area contributed by atoms with E-state index in [1.165, 1.54) is 19.3 Å². The van der Waals surface area contributed by atoms with E-state index in [2.05, 4.69) is 20.3 Å². The normalized spacial score (nSPS) is 19.6. The minimum absolute atomic E-state index is 0. The molecule has 6 nitrogen and oxygen atoms in total. The van der Waals surface area contributed by atoms with Gasteiger partial charge in [-0.05, 0) is 38.5 Å². The van der Waals surface area contributed by atoms with Crippen molar-refractivity contribution >= 4 is 40.0 Å². The maximum Gasteiger partial charge on any atom is 0.213 e. The lowest BCUT2D eigenvalue weighted by Crippen LogP contribution is -2.39. The van der Waals surface area contributed by atoms with Crippen molar-refractivity contribution in [1.82, 2.24) is 15.4 Å². The number of hydrogen-bond acceptors (Lipinski definition) is 3. The largest absolute Gasteiger partial charge is 0.357 e. The Morgan fingerprint density at radius 1 is 1.24 bits per heavy atom. The Bertz CT molecular complexity index is 433. The van der Waals surface area contributed by atoms with Crippen molar-refractivity contribution in [2.24, 2.45) is 10.9 Å². The summed E-state index contributed by atoms with van der Waals surface area (Å²) in [5.41, 5.74) is 0. The van der Waals surface area contributed by atoms with Gasteiger partial charge in [-0.3, -0.25) is 4.99 Å². The predicted octanol–water partition coefficient (Wildman–Crippen LogP) is 1.04. The van der Waals surface area contributed by atoms with Gasteiger partial charge >= 0.3 is 0 Å². The summed E-state index contributed by atoms with van der Waals surface area (Å²) >= 11 is 0. The third kappa shape index (κ3) is 7.64. The Morgan fingerprint density at radius 3 is 2.48 bits per heavy atom. The fraction of sp³-hybridized carbons (Fsp3) is 0.923. The molecular formula is C13H27IN4O2S. The van der Waals surface area contributed by atoms with Crippen LogP contribution in [0.5, 0.6) is 0 Å². The van der Waals surface area contributed by atoms with Crippen molar-refractivity contribution in [3.8, 4) is 0 Å². The zero-order valence-electron chi connectivity index (χ0n) is 12.6. The highest BCUT2D eigenvalue weighted by molar-refractivity contribution is 14.0. The van der Waals surface area contributed by atoms with Crippen LogP contribution in [-0.4, -0.2) is 45.8 Å². The zero-order valence-corrected chi connectivity index (χ0v) is 15.7. The summed E-state index contributed by atoms with van der Waals surface area (Å²) in [4.78, 5) is 4.32. The van der Waals surface area contributed by atoms with Crippen molar-refractivity contribution in [1.29, 1.82) is 0 Å². The number of nitrogens with one attached hydrogen (secondary N) is 3. The Balaban J connectivity index is 0.00000220. The first kappa shape index (κ1) is 19.0. The number of nitrogens with zero attached hydrogens (tertiary/aromatic N) is 1. The molecule has 0 radical (unpaired) electrons. The van der Waals surface area contributed by atoms with Crippen molar-refractivity contribution in [3.63, 3.8) is 0 Å². The highest BCUT2D eigenvalue weighted by atomic mass is 127. The average Bonchev–Trinajstić information content (AvgIpc) is 3.10. The summed E-state index contributed by atoms with van der Waals surface area (Å²) in [5, 5.41) is 6.40. The van der Waals surface area contributed by atoms with Crippen LogP contribution >= 0.6 is 24.0 Å². The number of halogens is 1. The molecule has 0 amide bonds. The summed E-state index contributed by atoms with van der Waals surface area (Å²) < 4.78 is 26.3. The molecule has 0 aromatic rings. The molecule has 124 valence electrons. The van der Waals surface area contributed by atoms with Crippen LogP contribution in [0.25, 0.3) is 0 Å². The van der Waals surface area contributed by atoms with E-state index in [1.807, 2.05) is 6.92 Å². The molecule has 0 aromatic carbocycles. The standard InChI is InChI=1S/C13H26N4O2S.HI/c1-2-14-13(17-12-6-7-12)15-8-9-20(18,19)16-10-11-4-3-5-11;/h11-12,16H,2-10H2,1H3,(H2,14,15,17);1H. The van der Waals surface area contributed by atoms with E-state index in [9.17, 15) is 8.42 Å². The number of sulfonamides is 1. The van der Waals surface area contributed by atoms with Gasteiger partial charge in [-0.1, -0.05) is 6.42 Å².